The van der Waals surface area contributed by atoms with Gasteiger partial charge in [0.25, 0.3) is 0 Å². The minimum absolute atomic E-state index is 0.0148. The summed E-state index contributed by atoms with van der Waals surface area (Å²) in [5.74, 6) is 0.621. The fourth-order valence-electron chi connectivity index (χ4n) is 9.59. The van der Waals surface area contributed by atoms with E-state index in [0.717, 1.165) is 63.7 Å². The van der Waals surface area contributed by atoms with Crippen LogP contribution in [-0.2, 0) is 38.3 Å². The third-order valence-corrected chi connectivity index (χ3v) is 15.9. The van der Waals surface area contributed by atoms with Gasteiger partial charge in [-0.25, -0.2) is 0 Å². The predicted molar refractivity (Wildman–Crippen MR) is 344 cm³/mol. The molecule has 0 bridgehead atoms. The number of nitrogens with one attached hydrogen (secondary N) is 1. The van der Waals surface area contributed by atoms with Crippen LogP contribution in [0, 0.1) is 23.7 Å². The minimum Gasteiger partial charge on any atom is -0.462 e. The van der Waals surface area contributed by atoms with Crippen molar-refractivity contribution in [1.29, 1.82) is 0 Å². The Bertz CT molecular complexity index is 1310. The van der Waals surface area contributed by atoms with E-state index >= 15 is 0 Å². The highest BCUT2D eigenvalue weighted by atomic mass is 16.7. The molecule has 1 N–H and O–H groups in total. The van der Waals surface area contributed by atoms with Crippen LogP contribution in [0.5, 0.6) is 0 Å². The van der Waals surface area contributed by atoms with Gasteiger partial charge in [-0.1, -0.05) is 286 Å². The molecule has 0 aromatic carbocycles. The molecule has 0 aliphatic carbocycles. The van der Waals surface area contributed by atoms with Crippen molar-refractivity contribution in [3.05, 3.63) is 0 Å². The van der Waals surface area contributed by atoms with E-state index in [1.54, 1.807) is 0 Å². The van der Waals surface area contributed by atoms with Crippen LogP contribution in [0.25, 0.3) is 0 Å². The molecule has 0 saturated carbocycles. The van der Waals surface area contributed by atoms with Crippen LogP contribution in [0.2, 0.25) is 0 Å². The lowest BCUT2D eigenvalue weighted by Crippen LogP contribution is -2.63. The second kappa shape index (κ2) is 61.9. The van der Waals surface area contributed by atoms with Gasteiger partial charge in [0.1, 0.15) is 12.2 Å². The Morgan fingerprint density at radius 2 is 1.01 bits per heavy atom. The van der Waals surface area contributed by atoms with Gasteiger partial charge in [-0.2, -0.15) is 0 Å². The lowest BCUT2D eigenvalue weighted by molar-refractivity contribution is -0.273. The molecule has 10 nitrogen and oxygen atoms in total. The van der Waals surface area contributed by atoms with E-state index < -0.39 is 5.54 Å². The summed E-state index contributed by atoms with van der Waals surface area (Å²) in [5.41, 5.74) is 2.12. The average molecular weight is 1130 g/mol. The summed E-state index contributed by atoms with van der Waals surface area (Å²) in [6, 6.07) is 0.0736. The Hall–Kier alpha value is -2.20. The lowest BCUT2D eigenvalue weighted by atomic mass is 9.74. The lowest BCUT2D eigenvalue weighted by Gasteiger charge is -2.53. The second-order valence-electron chi connectivity index (χ2n) is 22.6. The van der Waals surface area contributed by atoms with Gasteiger partial charge in [-0.05, 0) is 64.2 Å². The van der Waals surface area contributed by atoms with Gasteiger partial charge < -0.3 is 19.1 Å². The average Bonchev–Trinajstić information content (AvgIpc) is 3.44. The van der Waals surface area contributed by atoms with Crippen molar-refractivity contribution in [2.75, 3.05) is 0 Å². The maximum atomic E-state index is 12.3. The van der Waals surface area contributed by atoms with E-state index in [0.29, 0.717) is 25.2 Å². The zero-order chi connectivity index (χ0) is 62.1. The summed E-state index contributed by atoms with van der Waals surface area (Å²) in [6.45, 7) is 49.2. The van der Waals surface area contributed by atoms with Crippen molar-refractivity contribution in [3.8, 4) is 0 Å². The maximum absolute atomic E-state index is 12.3. The van der Waals surface area contributed by atoms with Gasteiger partial charge in [-0.3, -0.25) is 19.2 Å². The van der Waals surface area contributed by atoms with E-state index in [4.69, 9.17) is 19.1 Å². The molecule has 1 aliphatic heterocycles. The normalized spacial score (nSPS) is 18.7. The van der Waals surface area contributed by atoms with Gasteiger partial charge in [0.05, 0.1) is 11.1 Å². The summed E-state index contributed by atoms with van der Waals surface area (Å²) in [5, 5.41) is 1.85. The first-order valence-corrected chi connectivity index (χ1v) is 34.0. The first-order valence-electron chi connectivity index (χ1n) is 34.0. The number of piperidine rings is 1. The predicted octanol–water partition coefficient (Wildman–Crippen LogP) is 21.8. The van der Waals surface area contributed by atoms with Crippen LogP contribution in [0.4, 0.5) is 0 Å². The molecule has 0 radical (unpaired) electrons. The highest BCUT2D eigenvalue weighted by molar-refractivity contribution is 5.70. The summed E-state index contributed by atoms with van der Waals surface area (Å²) in [4.78, 5) is 57.4. The van der Waals surface area contributed by atoms with Crippen molar-refractivity contribution in [3.63, 3.8) is 0 Å². The molecule has 0 aromatic heterocycles. The minimum atomic E-state index is -0.451. The van der Waals surface area contributed by atoms with E-state index in [-0.39, 0.29) is 59.5 Å². The van der Waals surface area contributed by atoms with E-state index in [2.05, 4.69) is 95.5 Å². The zero-order valence-electron chi connectivity index (χ0n) is 57.9. The first kappa shape index (κ1) is 88.0. The molecule has 0 spiro atoms. The molecule has 1 aliphatic rings. The molecule has 10 heteroatoms. The fourth-order valence-corrected chi connectivity index (χ4v) is 9.59. The molecular weight excluding hydrogens is 985 g/mol. The number of carbonyl (C=O) groups excluding carboxylic acids is 4. The van der Waals surface area contributed by atoms with Gasteiger partial charge in [0.15, 0.2) is 0 Å². The van der Waals surface area contributed by atoms with Crippen molar-refractivity contribution < 1.29 is 38.3 Å². The third-order valence-electron chi connectivity index (χ3n) is 15.9. The van der Waals surface area contributed by atoms with E-state index in [1.165, 1.54) is 142 Å². The highest BCUT2D eigenvalue weighted by Gasteiger charge is 2.51. The zero-order valence-corrected chi connectivity index (χ0v) is 57.9. The molecule has 1 heterocycles. The summed E-state index contributed by atoms with van der Waals surface area (Å²) < 4.78 is 11.6. The van der Waals surface area contributed by atoms with Crippen LogP contribution in [-0.4, -0.2) is 58.3 Å². The van der Waals surface area contributed by atoms with Gasteiger partial charge in [0, 0.05) is 51.0 Å². The topological polar surface area (TPSA) is 120 Å². The number of carbonyl (C=O) groups is 4. The summed E-state index contributed by atoms with van der Waals surface area (Å²) >= 11 is 0. The van der Waals surface area contributed by atoms with E-state index in [9.17, 15) is 19.2 Å². The number of hydrogen-bond acceptors (Lipinski definition) is 10. The smallest absolute Gasteiger partial charge is 0.322 e. The quantitative estimate of drug-likeness (QED) is 0.0277. The Kier molecular flexibility index (Phi) is 68.9. The van der Waals surface area contributed by atoms with Gasteiger partial charge in [-0.15, -0.1) is 10.5 Å². The van der Waals surface area contributed by atoms with Crippen LogP contribution < -0.4 is 5.48 Å². The molecular formula is C69H144N2O8. The van der Waals surface area contributed by atoms with Gasteiger partial charge in [0.2, 0.25) is 0 Å². The number of rotatable bonds is 38. The molecule has 9 unspecified atom stereocenters. The standard InChI is InChI=1S/C20H39NO4.C17H31NO4.C16H34.C10H22.3C2H6/c1-8-11-12-13-19(23)24-18(14-15(4)9-2)16(5)20(7,10-3)21-25-17(6)22;1-7-10-16(20)21-15-11-14(8-2)18(22-13(5)19)17(6,9-3)12(15)4;1-4-6-8-9-10-11-13-15-16(3)14-12-7-5-2;1-3-5-7-9-10-8-6-4-2;3*1-2/h15-16,18,21H,8-14H2,1-7H3;12,14-15H,7-11H2,1-6H3;16H,4-15H2,1-3H3;3-10H2,1-2H3;3*1-2H3. The molecule has 0 amide bonds. The maximum Gasteiger partial charge on any atom is 0.322 e. The number of nitrogens with zero attached hydrogens (tertiary/aromatic N) is 1. The van der Waals surface area contributed by atoms with Crippen molar-refractivity contribution >= 4 is 23.9 Å². The number of hydrogen-bond donors (Lipinski definition) is 1. The van der Waals surface area contributed by atoms with Gasteiger partial charge >= 0.3 is 23.9 Å². The fraction of sp³-hybridized carbons (Fsp3) is 0.942. The SMILES string of the molecule is CC.CC.CC.CCCC(=O)OC1CC(CC)N(OC(C)=O)C(C)(CC)C1C.CCCCCC(=O)OC(CC(C)CC)C(C)C(C)(CC)NOC(C)=O.CCCCCCCCCC.CCCCCCCCCC(C)CCCCC. The Morgan fingerprint density at radius 3 is 1.41 bits per heavy atom. The summed E-state index contributed by atoms with van der Waals surface area (Å²) in [6.07, 6.45) is 38.2. The first-order chi connectivity index (χ1) is 37.7. The Morgan fingerprint density at radius 1 is 0.582 bits per heavy atom. The molecule has 1 fully saturated rings. The molecule has 79 heavy (non-hydrogen) atoms. The molecule has 478 valence electrons. The Labute approximate surface area is 495 Å². The number of hydroxylamine groups is 3. The van der Waals surface area contributed by atoms with Crippen molar-refractivity contribution in [2.24, 2.45) is 23.7 Å². The third kappa shape index (κ3) is 47.9. The van der Waals surface area contributed by atoms with Crippen LogP contribution in [0.15, 0.2) is 0 Å². The van der Waals surface area contributed by atoms with Crippen molar-refractivity contribution in [2.45, 2.75) is 401 Å². The number of esters is 2. The van der Waals surface area contributed by atoms with Crippen LogP contribution >= 0.6 is 0 Å². The summed E-state index contributed by atoms with van der Waals surface area (Å²) in [7, 11) is 0. The van der Waals surface area contributed by atoms with Crippen LogP contribution in [0.1, 0.15) is 372 Å². The van der Waals surface area contributed by atoms with Crippen LogP contribution in [0.3, 0.4) is 0 Å². The van der Waals surface area contributed by atoms with E-state index in [1.807, 2.05) is 67.4 Å². The highest BCUT2D eigenvalue weighted by Crippen LogP contribution is 2.42. The Balaban J connectivity index is -0.000000226. The molecule has 1 saturated heterocycles. The second-order valence-corrected chi connectivity index (χ2v) is 22.6. The largest absolute Gasteiger partial charge is 0.462 e. The molecule has 9 atom stereocenters. The monoisotopic (exact) mass is 1130 g/mol. The number of ether oxygens (including phenoxy) is 2. The van der Waals surface area contributed by atoms with Crippen molar-refractivity contribution in [1.82, 2.24) is 10.5 Å². The number of unbranched alkanes of at least 4 members (excludes halogenated alkanes) is 17. The molecule has 0 aromatic rings. The molecule has 1 rings (SSSR count).